The zero-order valence-corrected chi connectivity index (χ0v) is 16.5. The van der Waals surface area contributed by atoms with Crippen LogP contribution >= 0.6 is 0 Å². The first-order valence-corrected chi connectivity index (χ1v) is 10.8. The summed E-state index contributed by atoms with van der Waals surface area (Å²) in [4.78, 5) is 38.3. The molecule has 2 heterocycles. The van der Waals surface area contributed by atoms with Crippen molar-refractivity contribution >= 4 is 17.7 Å². The molecule has 4 aliphatic rings. The van der Waals surface area contributed by atoms with Gasteiger partial charge in [-0.1, -0.05) is 12.1 Å². The van der Waals surface area contributed by atoms with E-state index in [2.05, 4.69) is 16.7 Å². The quantitative estimate of drug-likeness (QED) is 0.660. The Balaban J connectivity index is 1.31. The number of imide groups is 1. The van der Waals surface area contributed by atoms with Crippen LogP contribution in [0.3, 0.4) is 0 Å². The Hall–Kier alpha value is -2.25. The molecule has 4 N–H and O–H groups in total. The predicted octanol–water partition coefficient (Wildman–Crippen LogP) is 1.05. The molecule has 2 saturated carbocycles. The van der Waals surface area contributed by atoms with Crippen LogP contribution in [0.4, 0.5) is 0 Å². The monoisotopic (exact) mass is 396 g/mol. The van der Waals surface area contributed by atoms with E-state index in [1.807, 2.05) is 12.1 Å². The van der Waals surface area contributed by atoms with Crippen molar-refractivity contribution in [3.05, 3.63) is 34.9 Å². The van der Waals surface area contributed by atoms with Gasteiger partial charge in [0.2, 0.25) is 11.8 Å². The van der Waals surface area contributed by atoms with Gasteiger partial charge in [0.05, 0.1) is 0 Å². The Morgan fingerprint density at radius 1 is 1.10 bits per heavy atom. The van der Waals surface area contributed by atoms with Crippen LogP contribution in [-0.2, 0) is 22.7 Å². The number of nitrogens with zero attached hydrogens (tertiary/aromatic N) is 1. The van der Waals surface area contributed by atoms with Crippen LogP contribution in [0.5, 0.6) is 0 Å². The summed E-state index contributed by atoms with van der Waals surface area (Å²) < 4.78 is 0. The highest BCUT2D eigenvalue weighted by Gasteiger charge is 2.42. The molecule has 7 nitrogen and oxygen atoms in total. The largest absolute Gasteiger partial charge is 0.328 e. The lowest BCUT2D eigenvalue weighted by Crippen LogP contribution is -2.52. The number of nitrogens with two attached hydrogens (primary N) is 1. The second-order valence-corrected chi connectivity index (χ2v) is 9.08. The number of piperidine rings is 1. The lowest BCUT2D eigenvalue weighted by atomic mass is 9.81. The number of carbonyl (C=O) groups is 3. The summed E-state index contributed by atoms with van der Waals surface area (Å²) >= 11 is 0. The van der Waals surface area contributed by atoms with Crippen LogP contribution in [0.1, 0.15) is 60.0 Å². The standard InChI is InChI=1S/C22H28N4O3/c23-15-8-12-4-5-13(9-15)20(12)24-10-14-2-1-3-16-17(14)11-26(22(16)29)18-6-7-19(27)25-21(18)28/h1-3,12-13,15,18,20,24H,4-11,23H2,(H,25,27,28). The Bertz CT molecular complexity index is 856. The van der Waals surface area contributed by atoms with Gasteiger partial charge in [0.15, 0.2) is 0 Å². The van der Waals surface area contributed by atoms with E-state index in [0.717, 1.165) is 30.5 Å². The topological polar surface area (TPSA) is 105 Å². The molecule has 3 atom stereocenters. The molecule has 5 rings (SSSR count). The van der Waals surface area contributed by atoms with Gasteiger partial charge in [-0.05, 0) is 61.1 Å². The van der Waals surface area contributed by atoms with Crippen LogP contribution in [-0.4, -0.2) is 40.7 Å². The SMILES string of the molecule is NC1CC2CCC(C1)C2NCc1cccc2c1CN(C1CCC(=O)NC1=O)C2=O. The van der Waals surface area contributed by atoms with Crippen LogP contribution in [0.25, 0.3) is 0 Å². The number of hydrogen-bond donors (Lipinski definition) is 3. The van der Waals surface area contributed by atoms with Crippen molar-refractivity contribution in [3.8, 4) is 0 Å². The summed E-state index contributed by atoms with van der Waals surface area (Å²) in [6, 6.07) is 6.12. The summed E-state index contributed by atoms with van der Waals surface area (Å²) in [5.74, 6) is 0.573. The number of rotatable bonds is 4. The molecule has 3 amide bonds. The van der Waals surface area contributed by atoms with Crippen LogP contribution in [0.15, 0.2) is 18.2 Å². The normalized spacial score (nSPS) is 33.8. The molecule has 2 bridgehead atoms. The van der Waals surface area contributed by atoms with Crippen molar-refractivity contribution in [2.75, 3.05) is 0 Å². The van der Waals surface area contributed by atoms with Crippen molar-refractivity contribution in [3.63, 3.8) is 0 Å². The minimum Gasteiger partial charge on any atom is -0.328 e. The first-order chi connectivity index (χ1) is 14.0. The second-order valence-electron chi connectivity index (χ2n) is 9.08. The molecule has 3 unspecified atom stereocenters. The van der Waals surface area contributed by atoms with Crippen LogP contribution in [0, 0.1) is 11.8 Å². The molecule has 2 aliphatic carbocycles. The van der Waals surface area contributed by atoms with Crippen molar-refractivity contribution in [1.29, 1.82) is 0 Å². The third kappa shape index (κ3) is 3.26. The lowest BCUT2D eigenvalue weighted by molar-refractivity contribution is -0.136. The number of carbonyl (C=O) groups excluding carboxylic acids is 3. The van der Waals surface area contributed by atoms with Crippen LogP contribution in [0.2, 0.25) is 0 Å². The molecule has 1 saturated heterocycles. The van der Waals surface area contributed by atoms with Gasteiger partial charge < -0.3 is 16.0 Å². The summed E-state index contributed by atoms with van der Waals surface area (Å²) in [6.45, 7) is 1.16. The van der Waals surface area contributed by atoms with E-state index in [1.54, 1.807) is 4.90 Å². The Morgan fingerprint density at radius 3 is 2.59 bits per heavy atom. The maximum absolute atomic E-state index is 13.0. The fourth-order valence-electron chi connectivity index (χ4n) is 5.95. The molecule has 1 aromatic rings. The first-order valence-electron chi connectivity index (χ1n) is 10.8. The molecule has 154 valence electrons. The predicted molar refractivity (Wildman–Crippen MR) is 107 cm³/mol. The lowest BCUT2D eigenvalue weighted by Gasteiger charge is -2.34. The van der Waals surface area contributed by atoms with E-state index in [0.29, 0.717) is 42.4 Å². The van der Waals surface area contributed by atoms with Crippen molar-refractivity contribution in [2.24, 2.45) is 17.6 Å². The Labute approximate surface area is 170 Å². The minimum absolute atomic E-state index is 0.111. The van der Waals surface area contributed by atoms with Gasteiger partial charge in [-0.3, -0.25) is 19.7 Å². The van der Waals surface area contributed by atoms with E-state index in [4.69, 9.17) is 5.73 Å². The molecule has 0 aromatic heterocycles. The smallest absolute Gasteiger partial charge is 0.255 e. The summed E-state index contributed by atoms with van der Waals surface area (Å²) in [5, 5.41) is 6.13. The van der Waals surface area contributed by atoms with Crippen molar-refractivity contribution in [2.45, 2.75) is 69.7 Å². The molecule has 7 heteroatoms. The maximum Gasteiger partial charge on any atom is 0.255 e. The highest BCUT2D eigenvalue weighted by molar-refractivity contribution is 6.05. The fraction of sp³-hybridized carbons (Fsp3) is 0.591. The van der Waals surface area contributed by atoms with Gasteiger partial charge in [0.1, 0.15) is 6.04 Å². The Kier molecular flexibility index (Phi) is 4.67. The van der Waals surface area contributed by atoms with Gasteiger partial charge in [0.25, 0.3) is 5.91 Å². The zero-order valence-electron chi connectivity index (χ0n) is 16.5. The molecule has 2 aliphatic heterocycles. The summed E-state index contributed by atoms with van der Waals surface area (Å²) in [6.07, 6.45) is 5.38. The van der Waals surface area contributed by atoms with Crippen molar-refractivity contribution in [1.82, 2.24) is 15.5 Å². The van der Waals surface area contributed by atoms with E-state index in [9.17, 15) is 14.4 Å². The van der Waals surface area contributed by atoms with Gasteiger partial charge in [-0.25, -0.2) is 0 Å². The highest BCUT2D eigenvalue weighted by Crippen LogP contribution is 2.42. The second kappa shape index (κ2) is 7.22. The fourth-order valence-corrected chi connectivity index (χ4v) is 5.95. The van der Waals surface area contributed by atoms with E-state index in [-0.39, 0.29) is 24.1 Å². The first kappa shape index (κ1) is 18.8. The molecule has 3 fully saturated rings. The Morgan fingerprint density at radius 2 is 1.86 bits per heavy atom. The number of fused-ring (bicyclic) bond motifs is 3. The third-order valence-corrected chi connectivity index (χ3v) is 7.34. The van der Waals surface area contributed by atoms with Crippen molar-refractivity contribution < 1.29 is 14.4 Å². The summed E-state index contributed by atoms with van der Waals surface area (Å²) in [7, 11) is 0. The average molecular weight is 396 g/mol. The number of benzene rings is 1. The molecule has 0 spiro atoms. The highest BCUT2D eigenvalue weighted by atomic mass is 16.2. The molecule has 1 aromatic carbocycles. The maximum atomic E-state index is 13.0. The van der Waals surface area contributed by atoms with Crippen LogP contribution < -0.4 is 16.4 Å². The van der Waals surface area contributed by atoms with E-state index < -0.39 is 6.04 Å². The minimum atomic E-state index is -0.566. The van der Waals surface area contributed by atoms with Gasteiger partial charge in [-0.15, -0.1) is 0 Å². The third-order valence-electron chi connectivity index (χ3n) is 7.34. The van der Waals surface area contributed by atoms with Gasteiger partial charge >= 0.3 is 0 Å². The van der Waals surface area contributed by atoms with E-state index in [1.165, 1.54) is 12.8 Å². The number of nitrogens with one attached hydrogen (secondary N) is 2. The van der Waals surface area contributed by atoms with Gasteiger partial charge in [0, 0.05) is 37.2 Å². The molecule has 29 heavy (non-hydrogen) atoms. The van der Waals surface area contributed by atoms with E-state index >= 15 is 0 Å². The van der Waals surface area contributed by atoms with Gasteiger partial charge in [-0.2, -0.15) is 0 Å². The number of hydrogen-bond acceptors (Lipinski definition) is 5. The summed E-state index contributed by atoms with van der Waals surface area (Å²) in [5.41, 5.74) is 9.01. The molecular formula is C22H28N4O3. The zero-order chi connectivity index (χ0) is 20.1. The molecular weight excluding hydrogens is 368 g/mol. The molecule has 0 radical (unpaired) electrons. The number of amides is 3. The average Bonchev–Trinajstić information content (AvgIpc) is 3.14.